The predicted octanol–water partition coefficient (Wildman–Crippen LogP) is 0.591. The first-order chi connectivity index (χ1) is 3.15. The monoisotopic (exact) mass is 167 g/mol. The minimum atomic E-state index is 0. The number of hydrogen-bond acceptors (Lipinski definition) is 2. The van der Waals surface area contributed by atoms with Crippen molar-refractivity contribution in [2.24, 2.45) is 0 Å². The van der Waals surface area contributed by atoms with Crippen LogP contribution in [-0.4, -0.2) is 17.5 Å². The molecule has 0 fully saturated rings. The molecule has 0 bridgehead atoms. The van der Waals surface area contributed by atoms with Crippen LogP contribution in [0.2, 0.25) is 0 Å². The van der Waals surface area contributed by atoms with Gasteiger partial charge in [-0.05, 0) is 20.8 Å². The van der Waals surface area contributed by atoms with E-state index in [2.05, 4.69) is 0 Å². The second-order valence-corrected chi connectivity index (χ2v) is 1.22. The van der Waals surface area contributed by atoms with Crippen molar-refractivity contribution in [3.05, 3.63) is 0 Å². The molecule has 0 amide bonds. The molecule has 8 heavy (non-hydrogen) atoms. The van der Waals surface area contributed by atoms with Gasteiger partial charge >= 0.3 is 0 Å². The van der Waals surface area contributed by atoms with Gasteiger partial charge in [0.25, 0.3) is 0 Å². The third kappa shape index (κ3) is 7300. The summed E-state index contributed by atoms with van der Waals surface area (Å²) >= 11 is 0. The van der Waals surface area contributed by atoms with Crippen LogP contribution in [0.5, 0.6) is 0 Å². The third-order valence-electron chi connectivity index (χ3n) is 0. The topological polar surface area (TPSA) is 37.3 Å². The van der Waals surface area contributed by atoms with Gasteiger partial charge in [0.05, 0.1) is 0 Å². The van der Waals surface area contributed by atoms with Crippen molar-refractivity contribution in [3.8, 4) is 0 Å². The fourth-order valence-electron chi connectivity index (χ4n) is 0. The standard InChI is InChI=1S/C3H6O.C2H6O.Cu/c1-3(2)4;1-2-3;/h1-2H3;3H,2H2,1H3;. The number of aliphatic hydroxyl groups is 1. The molecule has 0 rings (SSSR count). The number of Topliss-reactive ketones (excluding diaryl/α,β-unsaturated/α-hetero) is 1. The predicted molar refractivity (Wildman–Crippen MR) is 29.1 cm³/mol. The van der Waals surface area contributed by atoms with Crippen molar-refractivity contribution in [1.82, 2.24) is 0 Å². The first-order valence-corrected chi connectivity index (χ1v) is 2.23. The Labute approximate surface area is 60.8 Å². The molecule has 3 heteroatoms. The van der Waals surface area contributed by atoms with Gasteiger partial charge in [-0.1, -0.05) is 0 Å². The Kier molecular flexibility index (Phi) is 30.8. The molecule has 0 saturated heterocycles. The molecule has 0 atom stereocenters. The van der Waals surface area contributed by atoms with Gasteiger partial charge in [0.2, 0.25) is 0 Å². The maximum Gasteiger partial charge on any atom is 0.126 e. The van der Waals surface area contributed by atoms with Crippen LogP contribution in [0.1, 0.15) is 20.8 Å². The van der Waals surface area contributed by atoms with E-state index in [4.69, 9.17) is 5.11 Å². The normalized spacial score (nSPS) is 5.50. The summed E-state index contributed by atoms with van der Waals surface area (Å²) < 4.78 is 0. The average molecular weight is 168 g/mol. The smallest absolute Gasteiger partial charge is 0.126 e. The van der Waals surface area contributed by atoms with E-state index in [1.807, 2.05) is 0 Å². The molecule has 1 radical (unpaired) electrons. The molecule has 0 aliphatic heterocycles. The Morgan fingerprint density at radius 3 is 1.50 bits per heavy atom. The van der Waals surface area contributed by atoms with Gasteiger partial charge in [0.1, 0.15) is 5.78 Å². The zero-order valence-corrected chi connectivity index (χ0v) is 6.31. The van der Waals surface area contributed by atoms with Crippen LogP contribution < -0.4 is 0 Å². The van der Waals surface area contributed by atoms with Crippen LogP contribution in [0.15, 0.2) is 0 Å². The zero-order chi connectivity index (χ0) is 6.28. The molecule has 0 aliphatic carbocycles. The second-order valence-electron chi connectivity index (χ2n) is 1.22. The molecule has 0 spiro atoms. The van der Waals surface area contributed by atoms with E-state index in [0.717, 1.165) is 0 Å². The van der Waals surface area contributed by atoms with Crippen molar-refractivity contribution in [3.63, 3.8) is 0 Å². The van der Waals surface area contributed by atoms with E-state index in [-0.39, 0.29) is 29.5 Å². The van der Waals surface area contributed by atoms with Crippen molar-refractivity contribution in [2.45, 2.75) is 20.8 Å². The van der Waals surface area contributed by atoms with E-state index in [1.165, 1.54) is 13.8 Å². The van der Waals surface area contributed by atoms with E-state index < -0.39 is 0 Å². The summed E-state index contributed by atoms with van der Waals surface area (Å²) in [4.78, 5) is 9.44. The molecule has 1 N–H and O–H groups in total. The molecular weight excluding hydrogens is 156 g/mol. The van der Waals surface area contributed by atoms with Crippen LogP contribution in [0.3, 0.4) is 0 Å². The number of rotatable bonds is 0. The summed E-state index contributed by atoms with van der Waals surface area (Å²) in [6.07, 6.45) is 0. The zero-order valence-electron chi connectivity index (χ0n) is 5.36. The summed E-state index contributed by atoms with van der Waals surface area (Å²) in [5.41, 5.74) is 0. The van der Waals surface area contributed by atoms with Crippen molar-refractivity contribution in [2.75, 3.05) is 6.61 Å². The molecule has 0 aromatic heterocycles. The van der Waals surface area contributed by atoms with Crippen LogP contribution >= 0.6 is 0 Å². The molecule has 0 aromatic rings. The molecule has 55 valence electrons. The minimum Gasteiger partial charge on any atom is -0.397 e. The second kappa shape index (κ2) is 15.7. The average Bonchev–Trinajstić information content (AvgIpc) is 1.33. The fraction of sp³-hybridized carbons (Fsp3) is 0.800. The Morgan fingerprint density at radius 1 is 1.50 bits per heavy atom. The van der Waals surface area contributed by atoms with Gasteiger partial charge in [-0.3, -0.25) is 0 Å². The molecule has 0 saturated carbocycles. The summed E-state index contributed by atoms with van der Waals surface area (Å²) in [7, 11) is 0. The van der Waals surface area contributed by atoms with Gasteiger partial charge in [-0.2, -0.15) is 0 Å². The molecule has 0 aliphatic rings. The van der Waals surface area contributed by atoms with Crippen LogP contribution in [0.25, 0.3) is 0 Å². The number of aliphatic hydroxyl groups excluding tert-OH is 1. The number of carbonyl (C=O) groups excluding carboxylic acids is 1. The van der Waals surface area contributed by atoms with Gasteiger partial charge < -0.3 is 9.90 Å². The minimum absolute atomic E-state index is 0. The van der Waals surface area contributed by atoms with Gasteiger partial charge in [0, 0.05) is 23.7 Å². The van der Waals surface area contributed by atoms with Gasteiger partial charge in [-0.15, -0.1) is 0 Å². The summed E-state index contributed by atoms with van der Waals surface area (Å²) in [6, 6.07) is 0. The Morgan fingerprint density at radius 2 is 1.50 bits per heavy atom. The van der Waals surface area contributed by atoms with E-state index in [9.17, 15) is 4.79 Å². The summed E-state index contributed by atoms with van der Waals surface area (Å²) in [5, 5.41) is 7.57. The first-order valence-electron chi connectivity index (χ1n) is 2.23. The van der Waals surface area contributed by atoms with Gasteiger partial charge in [0.15, 0.2) is 0 Å². The van der Waals surface area contributed by atoms with Gasteiger partial charge in [-0.25, -0.2) is 0 Å². The van der Waals surface area contributed by atoms with Crippen LogP contribution in [0, 0.1) is 0 Å². The quantitative estimate of drug-likeness (QED) is 0.537. The maximum absolute atomic E-state index is 9.44. The molecule has 0 aromatic carbocycles. The van der Waals surface area contributed by atoms with E-state index >= 15 is 0 Å². The Bertz CT molecular complexity index is 41.7. The van der Waals surface area contributed by atoms with Crippen LogP contribution in [0.4, 0.5) is 0 Å². The first kappa shape index (κ1) is 15.7. The molecule has 0 heterocycles. The number of carbonyl (C=O) groups is 1. The fourth-order valence-corrected chi connectivity index (χ4v) is 0. The SMILES string of the molecule is CC(C)=O.CCO.[Cu]. The summed E-state index contributed by atoms with van der Waals surface area (Å²) in [5.74, 6) is 0.167. The third-order valence-corrected chi connectivity index (χ3v) is 0. The van der Waals surface area contributed by atoms with E-state index in [1.54, 1.807) is 6.92 Å². The van der Waals surface area contributed by atoms with E-state index in [0.29, 0.717) is 0 Å². The summed E-state index contributed by atoms with van der Waals surface area (Å²) in [6.45, 7) is 4.99. The number of hydrogen-bond donors (Lipinski definition) is 1. The van der Waals surface area contributed by atoms with Crippen molar-refractivity contribution < 1.29 is 27.0 Å². The molecular formula is C5H12CuO2. The largest absolute Gasteiger partial charge is 0.397 e. The Balaban J connectivity index is -0.0000000575. The van der Waals surface area contributed by atoms with Crippen molar-refractivity contribution >= 4 is 5.78 Å². The maximum atomic E-state index is 9.44. The molecule has 2 nitrogen and oxygen atoms in total. The van der Waals surface area contributed by atoms with Crippen LogP contribution in [-0.2, 0) is 21.9 Å². The number of ketones is 1. The molecule has 0 unspecified atom stereocenters. The van der Waals surface area contributed by atoms with Crippen molar-refractivity contribution in [1.29, 1.82) is 0 Å². The Hall–Kier alpha value is 0.149.